The molecular formula is C21H16CrINO4. The van der Waals surface area contributed by atoms with Gasteiger partial charge in [0.2, 0.25) is 0 Å². The molecule has 5 nitrogen and oxygen atoms in total. The van der Waals surface area contributed by atoms with Gasteiger partial charge in [-0.25, -0.2) is 0 Å². The Labute approximate surface area is 189 Å². The third-order valence-electron chi connectivity index (χ3n) is 3.72. The predicted molar refractivity (Wildman–Crippen MR) is 104 cm³/mol. The molecule has 0 N–H and O–H groups in total. The van der Waals surface area contributed by atoms with Crippen LogP contribution in [0.2, 0.25) is 0 Å². The number of benzene rings is 2. The smallest absolute Gasteiger partial charge is 0 e. The molecule has 0 bridgehead atoms. The number of carbonyl (C=O) groups is 1. The Hall–Kier alpha value is -1.87. The first-order valence-corrected chi connectivity index (χ1v) is 8.68. The largest absolute Gasteiger partial charge is 0 e. The van der Waals surface area contributed by atoms with Crippen LogP contribution < -0.4 is 0 Å². The van der Waals surface area contributed by atoms with E-state index in [1.165, 1.54) is 14.7 Å². The number of hydrogen-bond donors (Lipinski definition) is 0. The molecule has 2 aromatic rings. The number of rotatable bonds is 3. The van der Waals surface area contributed by atoms with Gasteiger partial charge in [-0.05, 0) is 45.9 Å². The normalized spacial score (nSPS) is 13.8. The van der Waals surface area contributed by atoms with Crippen LogP contribution in [0.4, 0.5) is 0 Å². The molecule has 2 aromatic carbocycles. The number of nitrogens with zero attached hydrogens (tertiary/aromatic N) is 1. The molecule has 1 aliphatic heterocycles. The summed E-state index contributed by atoms with van der Waals surface area (Å²) in [7, 11) is 0. The van der Waals surface area contributed by atoms with Crippen LogP contribution in [0.25, 0.3) is 0 Å². The van der Waals surface area contributed by atoms with Crippen molar-refractivity contribution in [3.63, 3.8) is 0 Å². The molecule has 0 radical (unpaired) electrons. The first kappa shape index (κ1) is 28.3. The van der Waals surface area contributed by atoms with Crippen molar-refractivity contribution in [1.82, 2.24) is 4.90 Å². The second-order valence-electron chi connectivity index (χ2n) is 5.18. The molecule has 142 valence electrons. The first-order valence-electron chi connectivity index (χ1n) is 7.60. The molecule has 0 amide bonds. The van der Waals surface area contributed by atoms with Crippen molar-refractivity contribution in [2.24, 2.45) is 0 Å². The summed E-state index contributed by atoms with van der Waals surface area (Å²) in [5, 5.41) is 0. The van der Waals surface area contributed by atoms with Crippen LogP contribution in [0.3, 0.4) is 0 Å². The molecule has 0 aromatic heterocycles. The van der Waals surface area contributed by atoms with Crippen LogP contribution in [0.5, 0.6) is 0 Å². The summed E-state index contributed by atoms with van der Waals surface area (Å²) in [5.74, 6) is 0.198. The van der Waals surface area contributed by atoms with Gasteiger partial charge in [-0.2, -0.15) is 0 Å². The average molecular weight is 525 g/mol. The van der Waals surface area contributed by atoms with E-state index in [9.17, 15) is 4.79 Å². The molecule has 0 saturated carbocycles. The fourth-order valence-electron chi connectivity index (χ4n) is 2.65. The second-order valence-corrected chi connectivity index (χ2v) is 6.34. The van der Waals surface area contributed by atoms with Crippen molar-refractivity contribution in [3.05, 3.63) is 102 Å². The number of ketones is 1. The van der Waals surface area contributed by atoms with Crippen LogP contribution >= 0.6 is 22.6 Å². The molecule has 28 heavy (non-hydrogen) atoms. The van der Waals surface area contributed by atoms with E-state index in [2.05, 4.69) is 83.8 Å². The van der Waals surface area contributed by atoms with E-state index in [-0.39, 0.29) is 29.2 Å². The number of hydrogen-bond acceptors (Lipinski definition) is 2. The Balaban J connectivity index is 0. The topological polar surface area (TPSA) is 80.0 Å². The van der Waals surface area contributed by atoms with Gasteiger partial charge >= 0.3 is 33.9 Å². The molecule has 1 aliphatic rings. The zero-order valence-corrected chi connectivity index (χ0v) is 18.1. The van der Waals surface area contributed by atoms with E-state index in [1.807, 2.05) is 24.4 Å². The van der Waals surface area contributed by atoms with E-state index >= 15 is 0 Å². The Bertz CT molecular complexity index is 789. The zero-order valence-electron chi connectivity index (χ0n) is 14.7. The number of halogens is 1. The maximum absolute atomic E-state index is 11.8. The molecule has 0 saturated heterocycles. The quantitative estimate of drug-likeness (QED) is 0.342. The van der Waals surface area contributed by atoms with Crippen molar-refractivity contribution in [2.45, 2.75) is 19.0 Å². The monoisotopic (exact) mass is 525 g/mol. The van der Waals surface area contributed by atoms with Crippen molar-refractivity contribution in [3.8, 4) is 0 Å². The van der Waals surface area contributed by atoms with E-state index in [4.69, 9.17) is 14.0 Å². The van der Waals surface area contributed by atoms with Gasteiger partial charge in [0.05, 0.1) is 6.04 Å². The van der Waals surface area contributed by atoms with Crippen LogP contribution in [-0.4, -0.2) is 10.7 Å². The maximum Gasteiger partial charge on any atom is 0 e. The maximum atomic E-state index is 11.8. The number of carbonyl (C=O) groups excluding carboxylic acids is 1. The van der Waals surface area contributed by atoms with Crippen molar-refractivity contribution in [2.75, 3.05) is 0 Å². The molecule has 0 aliphatic carbocycles. The van der Waals surface area contributed by atoms with Crippen molar-refractivity contribution in [1.29, 1.82) is 0 Å². The van der Waals surface area contributed by atoms with Crippen LogP contribution in [0.15, 0.2) is 66.9 Å². The molecule has 3 rings (SSSR count). The van der Waals surface area contributed by atoms with E-state index < -0.39 is 0 Å². The Morgan fingerprint density at radius 1 is 0.929 bits per heavy atom. The summed E-state index contributed by atoms with van der Waals surface area (Å²) in [6.07, 6.45) is 4.17. The van der Waals surface area contributed by atoms with Crippen LogP contribution in [0, 0.1) is 23.5 Å². The van der Waals surface area contributed by atoms with Crippen molar-refractivity contribution < 1.29 is 36.1 Å². The first-order chi connectivity index (χ1) is 13.2. The second kappa shape index (κ2) is 17.2. The third kappa shape index (κ3) is 8.88. The minimum Gasteiger partial charge on any atom is 0 e. The average Bonchev–Trinajstić information content (AvgIpc) is 2.75. The van der Waals surface area contributed by atoms with Gasteiger partial charge in [0.25, 0.3) is 0 Å². The summed E-state index contributed by atoms with van der Waals surface area (Å²) in [4.78, 5) is 14.1. The molecule has 1 atom stereocenters. The summed E-state index contributed by atoms with van der Waals surface area (Å²) in [5.41, 5.74) is 2.49. The molecular weight excluding hydrogens is 509 g/mol. The molecule has 0 fully saturated rings. The summed E-state index contributed by atoms with van der Waals surface area (Å²) in [6, 6.07) is 18.8. The fraction of sp³-hybridized carbons (Fsp3) is 0.143. The van der Waals surface area contributed by atoms with Crippen LogP contribution in [0.1, 0.15) is 23.6 Å². The van der Waals surface area contributed by atoms with Gasteiger partial charge in [-0.15, -0.1) is 0 Å². The van der Waals surface area contributed by atoms with Gasteiger partial charge in [-0.1, -0.05) is 48.5 Å². The molecule has 7 heteroatoms. The Morgan fingerprint density at radius 3 is 2.04 bits per heavy atom. The van der Waals surface area contributed by atoms with E-state index in [1.54, 1.807) is 6.08 Å². The zero-order chi connectivity index (χ0) is 20.7. The van der Waals surface area contributed by atoms with Gasteiger partial charge in [-0.3, -0.25) is 4.79 Å². The van der Waals surface area contributed by atoms with Gasteiger partial charge in [0.1, 0.15) is 0 Å². The van der Waals surface area contributed by atoms with Crippen molar-refractivity contribution >= 4 is 28.4 Å². The fourth-order valence-corrected chi connectivity index (χ4v) is 3.40. The van der Waals surface area contributed by atoms with Gasteiger partial charge < -0.3 is 4.90 Å². The molecule has 0 unspecified atom stereocenters. The Kier molecular flexibility index (Phi) is 17.5. The summed E-state index contributed by atoms with van der Waals surface area (Å²) in [6.45, 7) is 14.3. The minimum absolute atomic E-state index is 0. The Morgan fingerprint density at radius 2 is 1.46 bits per heavy atom. The predicted octanol–water partition coefficient (Wildman–Crippen LogP) is 4.21. The number of allylic oxidation sites excluding steroid dienone is 1. The SMILES string of the molecule is O=C1C=CN(Cc2ccccc2)[C@@H](c2ccccc2I)C1.[C-]#[O+].[C-]#[O+].[C-]#[O+].[Cr]. The van der Waals surface area contributed by atoms with Gasteiger partial charge in [0, 0.05) is 40.1 Å². The summed E-state index contributed by atoms with van der Waals surface area (Å²) >= 11 is 2.35. The standard InChI is InChI=1S/C18H16INO.3CO.Cr/c19-17-9-5-4-8-16(17)18-12-15(21)10-11-20(18)13-14-6-2-1-3-7-14;3*1-2;/h1-11,18H,12-13H2;;;;/t18-;;;;/m1..../s1. The van der Waals surface area contributed by atoms with Gasteiger partial charge in [0.15, 0.2) is 5.78 Å². The third-order valence-corrected chi connectivity index (χ3v) is 4.70. The van der Waals surface area contributed by atoms with E-state index in [0.717, 1.165) is 6.54 Å². The van der Waals surface area contributed by atoms with Crippen LogP contribution in [-0.2, 0) is 42.7 Å². The minimum atomic E-state index is 0. The van der Waals surface area contributed by atoms with E-state index in [0.29, 0.717) is 6.42 Å². The molecule has 1 heterocycles. The summed E-state index contributed by atoms with van der Waals surface area (Å²) < 4.78 is 23.7. The molecule has 0 spiro atoms.